The molecule has 1 aliphatic heterocycles. The summed E-state index contributed by atoms with van der Waals surface area (Å²) in [6, 6.07) is 5.58. The second-order valence-electron chi connectivity index (χ2n) is 7.24. The molecule has 3 aromatic heterocycles. The van der Waals surface area contributed by atoms with Crippen molar-refractivity contribution >= 4 is 16.9 Å². The van der Waals surface area contributed by atoms with Gasteiger partial charge in [-0.3, -0.25) is 0 Å². The third kappa shape index (κ3) is 5.22. The molecule has 0 spiro atoms. The molecule has 1 N–H and O–H groups in total. The second kappa shape index (κ2) is 11.2. The van der Waals surface area contributed by atoms with E-state index in [1.165, 1.54) is 10.8 Å². The van der Waals surface area contributed by atoms with Gasteiger partial charge in [0.05, 0.1) is 52.9 Å². The number of benzene rings is 1. The number of aromatic nitrogens is 7. The number of fused-ring (bicyclic) bond motifs is 4. The van der Waals surface area contributed by atoms with E-state index in [1.54, 1.807) is 0 Å². The molecule has 5 rings (SSSR count). The zero-order valence-electron chi connectivity index (χ0n) is 18.5. The summed E-state index contributed by atoms with van der Waals surface area (Å²) >= 11 is 0. The van der Waals surface area contributed by atoms with Gasteiger partial charge in [0.15, 0.2) is 17.0 Å². The van der Waals surface area contributed by atoms with E-state index in [-0.39, 0.29) is 0 Å². The lowest BCUT2D eigenvalue weighted by molar-refractivity contribution is -0.00841. The Morgan fingerprint density at radius 1 is 0.735 bits per heavy atom. The van der Waals surface area contributed by atoms with E-state index >= 15 is 0 Å². The van der Waals surface area contributed by atoms with E-state index in [0.29, 0.717) is 100 Å². The van der Waals surface area contributed by atoms with Crippen molar-refractivity contribution in [2.24, 2.45) is 0 Å². The van der Waals surface area contributed by atoms with Crippen LogP contribution in [0, 0.1) is 0 Å². The maximum atomic E-state index is 6.00. The molecule has 4 aromatic rings. The predicted octanol–water partition coefficient (Wildman–Crippen LogP) is 0.900. The van der Waals surface area contributed by atoms with Crippen LogP contribution in [0.25, 0.3) is 28.2 Å². The van der Waals surface area contributed by atoms with E-state index in [0.717, 1.165) is 5.56 Å². The highest BCUT2D eigenvalue weighted by atomic mass is 16.6. The number of hydrogen-bond acceptors (Lipinski definition) is 11. The number of rotatable bonds is 1. The molecule has 0 saturated heterocycles. The van der Waals surface area contributed by atoms with Gasteiger partial charge in [-0.2, -0.15) is 24.9 Å². The van der Waals surface area contributed by atoms with Crippen molar-refractivity contribution in [3.05, 3.63) is 24.5 Å². The number of aromatic amines is 1. The molecule has 0 saturated carbocycles. The molecule has 4 heterocycles. The van der Waals surface area contributed by atoms with Gasteiger partial charge in [0, 0.05) is 5.56 Å². The highest BCUT2D eigenvalue weighted by molar-refractivity contribution is 5.88. The first-order chi connectivity index (χ1) is 16.9. The van der Waals surface area contributed by atoms with Crippen LogP contribution in [-0.2, 0) is 18.9 Å². The number of H-pyrrole nitrogens is 1. The highest BCUT2D eigenvalue weighted by Gasteiger charge is 2.17. The molecule has 0 radical (unpaired) electrons. The summed E-state index contributed by atoms with van der Waals surface area (Å²) in [5, 5.41) is 15.2. The first kappa shape index (κ1) is 22.4. The lowest BCUT2D eigenvalue weighted by Crippen LogP contribution is -2.16. The molecule has 13 heteroatoms. The third-order valence-corrected chi connectivity index (χ3v) is 5.00. The van der Waals surface area contributed by atoms with Crippen molar-refractivity contribution in [3.63, 3.8) is 0 Å². The van der Waals surface area contributed by atoms with E-state index in [9.17, 15) is 0 Å². The average molecular weight is 471 g/mol. The molecular formula is C21H25N7O6. The van der Waals surface area contributed by atoms with Crippen LogP contribution in [0.4, 0.5) is 0 Å². The fourth-order valence-corrected chi connectivity index (χ4v) is 3.42. The van der Waals surface area contributed by atoms with Crippen LogP contribution < -0.4 is 9.47 Å². The van der Waals surface area contributed by atoms with Gasteiger partial charge in [-0.1, -0.05) is 0 Å². The van der Waals surface area contributed by atoms with E-state index in [2.05, 4.69) is 30.5 Å². The zero-order chi connectivity index (χ0) is 23.0. The van der Waals surface area contributed by atoms with Gasteiger partial charge >= 0.3 is 0 Å². The first-order valence-corrected chi connectivity index (χ1v) is 11.0. The Bertz CT molecular complexity index is 1210. The molecule has 0 amide bonds. The molecule has 0 bridgehead atoms. The minimum absolute atomic E-state index is 0.343. The fourth-order valence-electron chi connectivity index (χ4n) is 3.42. The van der Waals surface area contributed by atoms with Crippen LogP contribution in [0.5, 0.6) is 11.5 Å². The summed E-state index contributed by atoms with van der Waals surface area (Å²) in [5.74, 6) is 1.57. The Labute approximate surface area is 194 Å². The van der Waals surface area contributed by atoms with Gasteiger partial charge in [0.2, 0.25) is 5.65 Å². The topological polar surface area (TPSA) is 140 Å². The van der Waals surface area contributed by atoms with Gasteiger partial charge in [-0.25, -0.2) is 4.98 Å². The van der Waals surface area contributed by atoms with Gasteiger partial charge in [0.25, 0.3) is 5.78 Å². The molecule has 34 heavy (non-hydrogen) atoms. The van der Waals surface area contributed by atoms with Crippen LogP contribution in [0.1, 0.15) is 0 Å². The average Bonchev–Trinajstić information content (AvgIpc) is 3.52. The SMILES string of the molecule is c1nc2nc(-c3ccc4c(c3)OCCOCCOCCOCCOCCO4)c3n[nH]nc3n2n1. The lowest BCUT2D eigenvalue weighted by atomic mass is 10.1. The van der Waals surface area contributed by atoms with Crippen LogP contribution >= 0.6 is 0 Å². The molecule has 0 fully saturated rings. The molecule has 0 unspecified atom stereocenters. The second-order valence-corrected chi connectivity index (χ2v) is 7.24. The van der Waals surface area contributed by atoms with Crippen LogP contribution in [0.15, 0.2) is 24.5 Å². The molecule has 0 aliphatic carbocycles. The molecule has 0 atom stereocenters. The third-order valence-electron chi connectivity index (χ3n) is 5.00. The van der Waals surface area contributed by atoms with Gasteiger partial charge < -0.3 is 28.4 Å². The Hall–Kier alpha value is -3.39. The minimum Gasteiger partial charge on any atom is -0.487 e. The summed E-state index contributed by atoms with van der Waals surface area (Å²) in [6.07, 6.45) is 1.42. The number of nitrogens with zero attached hydrogens (tertiary/aromatic N) is 6. The van der Waals surface area contributed by atoms with Crippen LogP contribution in [-0.4, -0.2) is 101 Å². The Kier molecular flexibility index (Phi) is 7.35. The highest BCUT2D eigenvalue weighted by Crippen LogP contribution is 2.34. The van der Waals surface area contributed by atoms with Crippen molar-refractivity contribution in [1.29, 1.82) is 0 Å². The van der Waals surface area contributed by atoms with Gasteiger partial charge in [-0.15, -0.1) is 5.10 Å². The summed E-state index contributed by atoms with van der Waals surface area (Å²) in [5.41, 5.74) is 2.48. The number of hydrogen-bond donors (Lipinski definition) is 1. The zero-order valence-corrected chi connectivity index (χ0v) is 18.5. The quantitative estimate of drug-likeness (QED) is 0.423. The lowest BCUT2D eigenvalue weighted by Gasteiger charge is -2.15. The van der Waals surface area contributed by atoms with Crippen molar-refractivity contribution in [1.82, 2.24) is 35.0 Å². The normalized spacial score (nSPS) is 17.4. The number of ether oxygens (including phenoxy) is 6. The van der Waals surface area contributed by atoms with Crippen molar-refractivity contribution in [2.45, 2.75) is 0 Å². The maximum Gasteiger partial charge on any atom is 0.254 e. The minimum atomic E-state index is 0.343. The standard InChI is InChI=1S/C21H25N7O6/c1-2-16-17(34-12-10-32-8-6-30-4-3-29-5-7-31-9-11-33-16)13-15(1)18-19-20(26-27-25-19)28-21(24-18)22-14-23-28/h1-2,13-14H,3-12H2,(H,25,26,27). The smallest absolute Gasteiger partial charge is 0.254 e. The van der Waals surface area contributed by atoms with E-state index in [4.69, 9.17) is 28.4 Å². The van der Waals surface area contributed by atoms with Crippen molar-refractivity contribution in [2.75, 3.05) is 66.1 Å². The predicted molar refractivity (Wildman–Crippen MR) is 118 cm³/mol. The Morgan fingerprint density at radius 2 is 1.38 bits per heavy atom. The van der Waals surface area contributed by atoms with Gasteiger partial charge in [0.1, 0.15) is 25.2 Å². The summed E-state index contributed by atoms with van der Waals surface area (Å²) in [4.78, 5) is 8.80. The number of nitrogens with one attached hydrogen (secondary N) is 1. The molecule has 13 nitrogen and oxygen atoms in total. The summed E-state index contributed by atoms with van der Waals surface area (Å²) < 4.78 is 35.5. The van der Waals surface area contributed by atoms with Gasteiger partial charge in [-0.05, 0) is 18.2 Å². The van der Waals surface area contributed by atoms with Crippen molar-refractivity contribution < 1.29 is 28.4 Å². The largest absolute Gasteiger partial charge is 0.487 e. The monoisotopic (exact) mass is 471 g/mol. The Balaban J connectivity index is 1.38. The first-order valence-electron chi connectivity index (χ1n) is 11.0. The maximum absolute atomic E-state index is 6.00. The Morgan fingerprint density at radius 3 is 2.09 bits per heavy atom. The molecule has 180 valence electrons. The fraction of sp³-hybridized carbons (Fsp3) is 0.476. The molecular weight excluding hydrogens is 446 g/mol. The molecule has 1 aromatic carbocycles. The van der Waals surface area contributed by atoms with E-state index in [1.807, 2.05) is 18.2 Å². The summed E-state index contributed by atoms with van der Waals surface area (Å²) in [7, 11) is 0. The van der Waals surface area contributed by atoms with Crippen LogP contribution in [0.3, 0.4) is 0 Å². The summed E-state index contributed by atoms with van der Waals surface area (Å²) in [6.45, 7) is 4.55. The molecule has 1 aliphatic rings. The van der Waals surface area contributed by atoms with Crippen molar-refractivity contribution in [3.8, 4) is 22.8 Å². The van der Waals surface area contributed by atoms with Crippen LogP contribution in [0.2, 0.25) is 0 Å². The van der Waals surface area contributed by atoms with E-state index < -0.39 is 0 Å².